The number of rotatable bonds is 7. The highest BCUT2D eigenvalue weighted by molar-refractivity contribution is 4.97. The highest BCUT2D eigenvalue weighted by atomic mass is 16.5. The second-order valence-corrected chi connectivity index (χ2v) is 5.24. The first kappa shape index (κ1) is 14.7. The molecular weight excluding hydrogens is 214 g/mol. The van der Waals surface area contributed by atoms with E-state index >= 15 is 0 Å². The number of ether oxygens (including phenoxy) is 2. The Kier molecular flexibility index (Phi) is 6.78. The van der Waals surface area contributed by atoms with Crippen LogP contribution in [-0.2, 0) is 9.47 Å². The number of hydrogen-bond acceptors (Lipinski definition) is 3. The largest absolute Gasteiger partial charge is 0.381 e. The molecule has 0 aromatic carbocycles. The van der Waals surface area contributed by atoms with E-state index in [0.29, 0.717) is 24.9 Å². The van der Waals surface area contributed by atoms with Crippen LogP contribution < -0.4 is 5.32 Å². The molecule has 0 spiro atoms. The Hall–Kier alpha value is -0.380. The van der Waals surface area contributed by atoms with E-state index < -0.39 is 0 Å². The molecule has 100 valence electrons. The third-order valence-corrected chi connectivity index (χ3v) is 3.19. The first-order chi connectivity index (χ1) is 8.11. The molecule has 3 nitrogen and oxygen atoms in total. The van der Waals surface area contributed by atoms with E-state index in [-0.39, 0.29) is 0 Å². The molecule has 1 fully saturated rings. The number of nitrogens with one attached hydrogen (secondary N) is 1. The highest BCUT2D eigenvalue weighted by Crippen LogP contribution is 2.23. The van der Waals surface area contributed by atoms with Crippen LogP contribution in [0, 0.1) is 0 Å². The summed E-state index contributed by atoms with van der Waals surface area (Å²) in [6.07, 6.45) is 5.30. The van der Waals surface area contributed by atoms with Gasteiger partial charge >= 0.3 is 0 Å². The number of methoxy groups -OCH3 is 1. The van der Waals surface area contributed by atoms with Crippen LogP contribution in [0.5, 0.6) is 0 Å². The summed E-state index contributed by atoms with van der Waals surface area (Å²) in [5.74, 6) is 0. The third kappa shape index (κ3) is 6.20. The van der Waals surface area contributed by atoms with Crippen molar-refractivity contribution in [3.63, 3.8) is 0 Å². The molecule has 0 amide bonds. The molecule has 17 heavy (non-hydrogen) atoms. The van der Waals surface area contributed by atoms with Crippen LogP contribution in [0.2, 0.25) is 0 Å². The van der Waals surface area contributed by atoms with Crippen molar-refractivity contribution >= 4 is 0 Å². The summed E-state index contributed by atoms with van der Waals surface area (Å²) >= 11 is 0. The summed E-state index contributed by atoms with van der Waals surface area (Å²) in [5, 5.41) is 3.35. The van der Waals surface area contributed by atoms with Gasteiger partial charge in [0.15, 0.2) is 0 Å². The van der Waals surface area contributed by atoms with Crippen molar-refractivity contribution in [2.75, 3.05) is 20.3 Å². The minimum absolute atomic E-state index is 0.351. The van der Waals surface area contributed by atoms with Crippen molar-refractivity contribution in [1.82, 2.24) is 5.32 Å². The Bertz CT molecular complexity index is 228. The van der Waals surface area contributed by atoms with Gasteiger partial charge in [-0.3, -0.25) is 0 Å². The van der Waals surface area contributed by atoms with E-state index in [1.165, 1.54) is 12.8 Å². The van der Waals surface area contributed by atoms with E-state index in [1.54, 1.807) is 7.11 Å². The maximum absolute atomic E-state index is 5.89. The van der Waals surface area contributed by atoms with Gasteiger partial charge in [0.05, 0.1) is 18.8 Å². The van der Waals surface area contributed by atoms with Gasteiger partial charge in [-0.15, -0.1) is 0 Å². The second-order valence-electron chi connectivity index (χ2n) is 5.24. The van der Waals surface area contributed by atoms with Gasteiger partial charge in [0.1, 0.15) is 0 Å². The molecule has 2 atom stereocenters. The minimum atomic E-state index is 0.351. The van der Waals surface area contributed by atoms with Crippen LogP contribution in [0.25, 0.3) is 0 Å². The van der Waals surface area contributed by atoms with Crippen molar-refractivity contribution in [1.29, 1.82) is 0 Å². The Morgan fingerprint density at radius 3 is 2.71 bits per heavy atom. The molecular formula is C14H27NO2. The van der Waals surface area contributed by atoms with Gasteiger partial charge in [0.25, 0.3) is 0 Å². The standard InChI is InChI=1S/C14H27NO2/c1-11(2)15-9-12(3)10-17-14-7-5-6-13(8-14)16-4/h11,13-15H,3,5-10H2,1-2,4H3. The molecule has 0 aliphatic heterocycles. The maximum atomic E-state index is 5.89. The Labute approximate surface area is 106 Å². The van der Waals surface area contributed by atoms with Crippen molar-refractivity contribution in [3.05, 3.63) is 12.2 Å². The molecule has 0 saturated heterocycles. The zero-order valence-electron chi connectivity index (χ0n) is 11.5. The SMILES string of the molecule is C=C(CNC(C)C)COC1CCCC(OC)C1. The predicted molar refractivity (Wildman–Crippen MR) is 71.3 cm³/mol. The van der Waals surface area contributed by atoms with Gasteiger partial charge in [-0.2, -0.15) is 0 Å². The fourth-order valence-electron chi connectivity index (χ4n) is 2.10. The quantitative estimate of drug-likeness (QED) is 0.695. The van der Waals surface area contributed by atoms with Gasteiger partial charge in [0, 0.05) is 19.7 Å². The minimum Gasteiger partial charge on any atom is -0.381 e. The summed E-state index contributed by atoms with van der Waals surface area (Å²) in [4.78, 5) is 0. The molecule has 0 heterocycles. The number of hydrogen-bond donors (Lipinski definition) is 1. The summed E-state index contributed by atoms with van der Waals surface area (Å²) in [6.45, 7) is 9.82. The highest BCUT2D eigenvalue weighted by Gasteiger charge is 2.22. The van der Waals surface area contributed by atoms with E-state index in [9.17, 15) is 0 Å². The molecule has 0 aromatic rings. The zero-order valence-corrected chi connectivity index (χ0v) is 11.5. The summed E-state index contributed by atoms with van der Waals surface area (Å²) in [5.41, 5.74) is 1.12. The molecule has 0 aromatic heterocycles. The lowest BCUT2D eigenvalue weighted by Crippen LogP contribution is -2.30. The average Bonchev–Trinajstić information content (AvgIpc) is 2.34. The monoisotopic (exact) mass is 241 g/mol. The molecule has 1 N–H and O–H groups in total. The zero-order chi connectivity index (χ0) is 12.7. The Balaban J connectivity index is 2.14. The van der Waals surface area contributed by atoms with E-state index in [2.05, 4.69) is 25.7 Å². The van der Waals surface area contributed by atoms with Crippen molar-refractivity contribution in [2.45, 2.75) is 57.8 Å². The molecule has 3 heteroatoms. The van der Waals surface area contributed by atoms with Crippen molar-refractivity contribution < 1.29 is 9.47 Å². The Morgan fingerprint density at radius 1 is 1.35 bits per heavy atom. The van der Waals surface area contributed by atoms with Crippen LogP contribution in [-0.4, -0.2) is 38.5 Å². The van der Waals surface area contributed by atoms with Crippen molar-refractivity contribution in [3.8, 4) is 0 Å². The molecule has 0 radical (unpaired) electrons. The Morgan fingerprint density at radius 2 is 2.06 bits per heavy atom. The fourth-order valence-corrected chi connectivity index (χ4v) is 2.10. The normalized spacial score (nSPS) is 25.2. The maximum Gasteiger partial charge on any atom is 0.0690 e. The molecule has 2 unspecified atom stereocenters. The molecule has 1 rings (SSSR count). The van der Waals surface area contributed by atoms with Gasteiger partial charge in [0.2, 0.25) is 0 Å². The molecule has 0 bridgehead atoms. The van der Waals surface area contributed by atoms with E-state index in [4.69, 9.17) is 9.47 Å². The summed E-state index contributed by atoms with van der Waals surface area (Å²) in [6, 6.07) is 0.499. The summed E-state index contributed by atoms with van der Waals surface area (Å²) in [7, 11) is 1.79. The van der Waals surface area contributed by atoms with Crippen molar-refractivity contribution in [2.24, 2.45) is 0 Å². The first-order valence-electron chi connectivity index (χ1n) is 6.66. The van der Waals surface area contributed by atoms with Crippen LogP contribution in [0.3, 0.4) is 0 Å². The molecule has 1 aliphatic rings. The molecule has 1 saturated carbocycles. The fraction of sp³-hybridized carbons (Fsp3) is 0.857. The third-order valence-electron chi connectivity index (χ3n) is 3.19. The van der Waals surface area contributed by atoms with Gasteiger partial charge < -0.3 is 14.8 Å². The lowest BCUT2D eigenvalue weighted by Gasteiger charge is -2.28. The summed E-state index contributed by atoms with van der Waals surface area (Å²) < 4.78 is 11.3. The smallest absolute Gasteiger partial charge is 0.0690 e. The first-order valence-corrected chi connectivity index (χ1v) is 6.66. The van der Waals surface area contributed by atoms with Crippen LogP contribution in [0.1, 0.15) is 39.5 Å². The second kappa shape index (κ2) is 7.85. The van der Waals surface area contributed by atoms with E-state index in [0.717, 1.165) is 25.0 Å². The topological polar surface area (TPSA) is 30.5 Å². The van der Waals surface area contributed by atoms with E-state index in [1.807, 2.05) is 0 Å². The van der Waals surface area contributed by atoms with Crippen LogP contribution in [0.15, 0.2) is 12.2 Å². The van der Waals surface area contributed by atoms with Gasteiger partial charge in [-0.25, -0.2) is 0 Å². The average molecular weight is 241 g/mol. The van der Waals surface area contributed by atoms with Crippen LogP contribution >= 0.6 is 0 Å². The molecule has 1 aliphatic carbocycles. The van der Waals surface area contributed by atoms with Gasteiger partial charge in [-0.05, 0) is 31.3 Å². The predicted octanol–water partition coefficient (Wildman–Crippen LogP) is 2.51. The van der Waals surface area contributed by atoms with Gasteiger partial charge in [-0.1, -0.05) is 20.4 Å². The van der Waals surface area contributed by atoms with Crippen LogP contribution in [0.4, 0.5) is 0 Å². The lowest BCUT2D eigenvalue weighted by atomic mass is 9.95. The lowest BCUT2D eigenvalue weighted by molar-refractivity contribution is -0.0225.